The van der Waals surface area contributed by atoms with Gasteiger partial charge in [-0.1, -0.05) is 38.0 Å². The van der Waals surface area contributed by atoms with Crippen molar-refractivity contribution in [2.75, 3.05) is 0 Å². The lowest BCUT2D eigenvalue weighted by Crippen LogP contribution is -2.07. The Morgan fingerprint density at radius 3 is 2.03 bits per heavy atom. The second-order valence-corrected chi connectivity index (χ2v) is 8.31. The van der Waals surface area contributed by atoms with Crippen LogP contribution in [0.4, 0.5) is 26.3 Å². The number of benzene rings is 3. The molecule has 0 saturated carbocycles. The van der Waals surface area contributed by atoms with Gasteiger partial charge in [0.05, 0.1) is 0 Å². The first-order valence-electron chi connectivity index (χ1n) is 10.9. The van der Waals surface area contributed by atoms with Gasteiger partial charge in [0.2, 0.25) is 0 Å². The van der Waals surface area contributed by atoms with Crippen LogP contribution >= 0.6 is 0 Å². The lowest BCUT2D eigenvalue weighted by atomic mass is 9.85. The molecule has 0 saturated heterocycles. The average Bonchev–Trinajstić information content (AvgIpc) is 2.77. The first-order valence-corrected chi connectivity index (χ1v) is 10.9. The predicted molar refractivity (Wildman–Crippen MR) is 117 cm³/mol. The van der Waals surface area contributed by atoms with Crippen LogP contribution in [0.2, 0.25) is 0 Å². The molecule has 0 bridgehead atoms. The standard InChI is InChI=1S/C27H22F6/c1-2-3-4-5-15-10-21(28)25(22(29)11-15)17-7-9-19-16(12-17)6-8-20(26(19)32)18-13-23(30)27(33)24(31)14-18/h6,8,10-14H,2-5,7,9H2,1H3. The van der Waals surface area contributed by atoms with E-state index in [0.29, 0.717) is 23.1 Å². The molecule has 0 nitrogen and oxygen atoms in total. The van der Waals surface area contributed by atoms with Crippen LogP contribution in [0.5, 0.6) is 0 Å². The van der Waals surface area contributed by atoms with Crippen molar-refractivity contribution in [3.63, 3.8) is 0 Å². The third-order valence-electron chi connectivity index (χ3n) is 6.04. The van der Waals surface area contributed by atoms with Crippen LogP contribution in [0.3, 0.4) is 0 Å². The van der Waals surface area contributed by atoms with Crippen molar-refractivity contribution in [2.24, 2.45) is 0 Å². The van der Waals surface area contributed by atoms with Crippen LogP contribution in [0.15, 0.2) is 36.4 Å². The van der Waals surface area contributed by atoms with E-state index in [4.69, 9.17) is 0 Å². The minimum atomic E-state index is -1.62. The van der Waals surface area contributed by atoms with Crippen LogP contribution in [0.1, 0.15) is 54.9 Å². The molecule has 0 aliphatic heterocycles. The zero-order valence-electron chi connectivity index (χ0n) is 18.1. The van der Waals surface area contributed by atoms with Gasteiger partial charge in [0.1, 0.15) is 17.5 Å². The van der Waals surface area contributed by atoms with Crippen LogP contribution < -0.4 is 0 Å². The lowest BCUT2D eigenvalue weighted by Gasteiger charge is -2.20. The van der Waals surface area contributed by atoms with Crippen LogP contribution in [0, 0.1) is 34.9 Å². The van der Waals surface area contributed by atoms with E-state index < -0.39 is 34.9 Å². The first kappa shape index (κ1) is 23.1. The molecule has 0 atom stereocenters. The maximum atomic E-state index is 15.2. The van der Waals surface area contributed by atoms with E-state index >= 15 is 4.39 Å². The van der Waals surface area contributed by atoms with Crippen molar-refractivity contribution in [3.8, 4) is 11.1 Å². The largest absolute Gasteiger partial charge is 0.206 e. The molecule has 1 aliphatic rings. The van der Waals surface area contributed by atoms with Crippen molar-refractivity contribution in [3.05, 3.63) is 93.6 Å². The maximum Gasteiger partial charge on any atom is 0.194 e. The lowest BCUT2D eigenvalue weighted by molar-refractivity contribution is 0.447. The number of rotatable bonds is 6. The molecule has 0 aromatic heterocycles. The van der Waals surface area contributed by atoms with E-state index in [9.17, 15) is 22.0 Å². The van der Waals surface area contributed by atoms with Crippen molar-refractivity contribution in [1.29, 1.82) is 0 Å². The van der Waals surface area contributed by atoms with E-state index in [2.05, 4.69) is 6.92 Å². The third kappa shape index (κ3) is 4.56. The van der Waals surface area contributed by atoms with Gasteiger partial charge in [-0.05, 0) is 77.8 Å². The van der Waals surface area contributed by atoms with Crippen molar-refractivity contribution in [1.82, 2.24) is 0 Å². The summed E-state index contributed by atoms with van der Waals surface area (Å²) in [7, 11) is 0. The molecule has 6 heteroatoms. The van der Waals surface area contributed by atoms with Gasteiger partial charge in [-0.15, -0.1) is 0 Å². The summed E-state index contributed by atoms with van der Waals surface area (Å²) < 4.78 is 85.2. The highest BCUT2D eigenvalue weighted by molar-refractivity contribution is 5.86. The summed E-state index contributed by atoms with van der Waals surface area (Å²) in [4.78, 5) is 0. The smallest absolute Gasteiger partial charge is 0.194 e. The summed E-state index contributed by atoms with van der Waals surface area (Å²) in [6, 6.07) is 7.03. The fourth-order valence-electron chi connectivity index (χ4n) is 4.33. The number of aryl methyl sites for hydroxylation is 1. The monoisotopic (exact) mass is 460 g/mol. The van der Waals surface area contributed by atoms with Crippen LogP contribution in [-0.4, -0.2) is 0 Å². The Hall–Kier alpha value is -3.02. The van der Waals surface area contributed by atoms with Gasteiger partial charge in [-0.2, -0.15) is 0 Å². The third-order valence-corrected chi connectivity index (χ3v) is 6.04. The molecule has 0 unspecified atom stereocenters. The Bertz CT molecular complexity index is 1200. The fourth-order valence-corrected chi connectivity index (χ4v) is 4.33. The summed E-state index contributed by atoms with van der Waals surface area (Å²) in [6.07, 6.45) is 5.34. The highest BCUT2D eigenvalue weighted by Gasteiger charge is 2.23. The minimum absolute atomic E-state index is 0.0720. The molecule has 3 aromatic rings. The molecule has 0 fully saturated rings. The molecular formula is C27H22F6. The predicted octanol–water partition coefficient (Wildman–Crippen LogP) is 8.41. The van der Waals surface area contributed by atoms with Gasteiger partial charge < -0.3 is 0 Å². The Kier molecular flexibility index (Phi) is 6.63. The van der Waals surface area contributed by atoms with E-state index in [-0.39, 0.29) is 35.1 Å². The number of halogens is 6. The maximum absolute atomic E-state index is 15.2. The molecule has 3 aromatic carbocycles. The average molecular weight is 460 g/mol. The molecular weight excluding hydrogens is 438 g/mol. The molecule has 0 N–H and O–H groups in total. The molecule has 33 heavy (non-hydrogen) atoms. The molecule has 0 spiro atoms. The molecule has 4 rings (SSSR count). The van der Waals surface area contributed by atoms with E-state index in [1.807, 2.05) is 0 Å². The molecule has 172 valence electrons. The number of hydrogen-bond donors (Lipinski definition) is 0. The van der Waals surface area contributed by atoms with Gasteiger partial charge in [-0.3, -0.25) is 0 Å². The highest BCUT2D eigenvalue weighted by Crippen LogP contribution is 2.37. The van der Waals surface area contributed by atoms with Crippen molar-refractivity contribution >= 4 is 11.6 Å². The van der Waals surface area contributed by atoms with Gasteiger partial charge in [0.25, 0.3) is 0 Å². The summed E-state index contributed by atoms with van der Waals surface area (Å²) >= 11 is 0. The van der Waals surface area contributed by atoms with E-state index in [0.717, 1.165) is 31.4 Å². The topological polar surface area (TPSA) is 0 Å². The summed E-state index contributed by atoms with van der Waals surface area (Å²) in [5.41, 5.74) is 1.42. The normalized spacial score (nSPS) is 13.1. The number of allylic oxidation sites excluding steroid dienone is 1. The number of fused-ring (bicyclic) bond motifs is 1. The van der Waals surface area contributed by atoms with Gasteiger partial charge >= 0.3 is 0 Å². The first-order chi connectivity index (χ1) is 15.8. The minimum Gasteiger partial charge on any atom is -0.206 e. The van der Waals surface area contributed by atoms with Gasteiger partial charge in [0.15, 0.2) is 17.5 Å². The summed E-state index contributed by atoms with van der Waals surface area (Å²) in [6.45, 7) is 2.06. The Balaban J connectivity index is 1.69. The van der Waals surface area contributed by atoms with Crippen molar-refractivity contribution < 1.29 is 26.3 Å². The van der Waals surface area contributed by atoms with Crippen molar-refractivity contribution in [2.45, 2.75) is 45.4 Å². The molecule has 1 aliphatic carbocycles. The zero-order chi connectivity index (χ0) is 23.7. The zero-order valence-corrected chi connectivity index (χ0v) is 18.1. The number of unbranched alkanes of at least 4 members (excludes halogenated alkanes) is 2. The number of hydrogen-bond acceptors (Lipinski definition) is 0. The quantitative estimate of drug-likeness (QED) is 0.197. The second kappa shape index (κ2) is 9.46. The molecule has 0 heterocycles. The molecule has 0 amide bonds. The Labute approximate surface area is 188 Å². The second-order valence-electron chi connectivity index (χ2n) is 8.31. The SMILES string of the molecule is CCCCCc1cc(F)c(C2=Cc3ccc(-c4cc(F)c(F)c(F)c4)c(F)c3CC2)c(F)c1. The van der Waals surface area contributed by atoms with Crippen LogP contribution in [-0.2, 0) is 12.8 Å². The summed E-state index contributed by atoms with van der Waals surface area (Å²) in [5.74, 6) is -6.43. The van der Waals surface area contributed by atoms with E-state index in [1.54, 1.807) is 0 Å². The Morgan fingerprint density at radius 2 is 1.39 bits per heavy atom. The van der Waals surface area contributed by atoms with Gasteiger partial charge in [0, 0.05) is 11.1 Å². The highest BCUT2D eigenvalue weighted by atomic mass is 19.2. The molecule has 0 radical (unpaired) electrons. The fraction of sp³-hybridized carbons (Fsp3) is 0.259. The Morgan fingerprint density at radius 1 is 0.727 bits per heavy atom. The van der Waals surface area contributed by atoms with Gasteiger partial charge in [-0.25, -0.2) is 26.3 Å². The summed E-state index contributed by atoms with van der Waals surface area (Å²) in [5, 5.41) is 0. The van der Waals surface area contributed by atoms with E-state index in [1.165, 1.54) is 30.3 Å². The van der Waals surface area contributed by atoms with Crippen LogP contribution in [0.25, 0.3) is 22.8 Å².